The number of nitrogens with zero attached hydrogens (tertiary/aromatic N) is 2. The first-order valence-electron chi connectivity index (χ1n) is 10.8. The average Bonchev–Trinajstić information content (AvgIpc) is 3.35. The number of rotatable bonds is 7. The van der Waals surface area contributed by atoms with Gasteiger partial charge in [0.15, 0.2) is 17.3 Å². The Hall–Kier alpha value is -3.24. The first-order valence-corrected chi connectivity index (χ1v) is 11.5. The number of benzene rings is 3. The summed E-state index contributed by atoms with van der Waals surface area (Å²) in [6, 6.07) is 16.8. The van der Waals surface area contributed by atoms with Crippen LogP contribution in [0, 0.1) is 0 Å². The maximum Gasteiger partial charge on any atom is 1.00 e. The van der Waals surface area contributed by atoms with Crippen molar-refractivity contribution in [2.24, 2.45) is 0 Å². The minimum atomic E-state index is -1.46. The van der Waals surface area contributed by atoms with Crippen LogP contribution in [-0.2, 0) is 11.2 Å². The van der Waals surface area contributed by atoms with E-state index in [0.717, 1.165) is 11.7 Å². The monoisotopic (exact) mass is 510 g/mol. The Kier molecular flexibility index (Phi) is 8.05. The first-order chi connectivity index (χ1) is 17.0. The van der Waals surface area contributed by atoms with Crippen LogP contribution >= 0.6 is 11.7 Å². The third kappa shape index (κ3) is 5.29. The van der Waals surface area contributed by atoms with Crippen molar-refractivity contribution >= 4 is 40.1 Å². The molecule has 0 fully saturated rings. The number of hydrogen-bond donors (Lipinski definition) is 0. The van der Waals surface area contributed by atoms with Gasteiger partial charge in [0.1, 0.15) is 30.0 Å². The van der Waals surface area contributed by atoms with Gasteiger partial charge in [-0.25, -0.2) is 0 Å². The molecule has 2 heterocycles. The fraction of sp³-hybridized carbons (Fsp3) is 0.154. The summed E-state index contributed by atoms with van der Waals surface area (Å²) in [6.45, 7) is 0.785. The molecule has 0 saturated carbocycles. The van der Waals surface area contributed by atoms with E-state index < -0.39 is 11.8 Å². The Morgan fingerprint density at radius 1 is 0.944 bits per heavy atom. The number of carbonyl (C=O) groups is 2. The van der Waals surface area contributed by atoms with E-state index in [2.05, 4.69) is 8.75 Å². The normalized spacial score (nSPS) is 12.9. The Bertz CT molecular complexity index is 1480. The van der Waals surface area contributed by atoms with Gasteiger partial charge in [-0.2, -0.15) is 8.75 Å². The summed E-state index contributed by atoms with van der Waals surface area (Å²) >= 11 is 1.03. The number of methoxy groups -OCH3 is 1. The third-order valence-electron chi connectivity index (χ3n) is 5.64. The van der Waals surface area contributed by atoms with Crippen LogP contribution in [-0.4, -0.2) is 40.8 Å². The summed E-state index contributed by atoms with van der Waals surface area (Å²) in [4.78, 5) is 26.3. The summed E-state index contributed by atoms with van der Waals surface area (Å²) in [7, 11) is 1.54. The standard InChI is InChI=1S/C26H20N2O6S.Na/c1-32-18-4-2-3-15(11-18)12-19(25(29)17-6-8-22-23(14-17)34-10-9-33-22)24(26(30)31)16-5-7-20-21(13-16)28-35-27-20;/h2-8,11,13-14H,9-10,12H2,1H3,(H,30,31);/q;+1/p-1/b24-19+;. The van der Waals surface area contributed by atoms with Gasteiger partial charge in [-0.05, 0) is 53.6 Å². The molecule has 10 heteroatoms. The van der Waals surface area contributed by atoms with Crippen LogP contribution < -0.4 is 48.9 Å². The predicted octanol–water partition coefficient (Wildman–Crippen LogP) is 0.104. The molecule has 1 aliphatic rings. The number of ketones is 1. The second kappa shape index (κ2) is 11.2. The number of carboxylic acid groups (broad SMARTS) is 1. The molecule has 36 heavy (non-hydrogen) atoms. The van der Waals surface area contributed by atoms with Crippen molar-refractivity contribution in [3.63, 3.8) is 0 Å². The van der Waals surface area contributed by atoms with Crippen LogP contribution in [0.4, 0.5) is 0 Å². The summed E-state index contributed by atoms with van der Waals surface area (Å²) < 4.78 is 24.8. The summed E-state index contributed by atoms with van der Waals surface area (Å²) in [5.74, 6) is -0.351. The van der Waals surface area contributed by atoms with E-state index in [1.54, 1.807) is 67.8 Å². The molecule has 4 aromatic rings. The zero-order chi connectivity index (χ0) is 24.4. The van der Waals surface area contributed by atoms with Gasteiger partial charge < -0.3 is 24.1 Å². The molecule has 0 saturated heterocycles. The SMILES string of the molecule is COc1cccc(C/C(C(=O)c2ccc3c(c2)OCCO3)=C(\C(=O)[O-])c2ccc3nsnc3c2)c1.[Na+]. The summed E-state index contributed by atoms with van der Waals surface area (Å²) in [5.41, 5.74) is 2.35. The van der Waals surface area contributed by atoms with Crippen LogP contribution in [0.5, 0.6) is 17.2 Å². The topological polar surface area (TPSA) is 111 Å². The van der Waals surface area contributed by atoms with E-state index >= 15 is 0 Å². The number of carboxylic acids is 1. The fourth-order valence-corrected chi connectivity index (χ4v) is 4.50. The molecule has 0 N–H and O–H groups in total. The van der Waals surface area contributed by atoms with Gasteiger partial charge in [-0.1, -0.05) is 18.2 Å². The maximum absolute atomic E-state index is 13.8. The number of Topliss-reactive ketones (excluding diaryl/α,β-unsaturated/α-hetero) is 1. The smallest absolute Gasteiger partial charge is 0.545 e. The van der Waals surface area contributed by atoms with E-state index in [4.69, 9.17) is 14.2 Å². The quantitative estimate of drug-likeness (QED) is 0.196. The van der Waals surface area contributed by atoms with Gasteiger partial charge in [-0.3, -0.25) is 4.79 Å². The zero-order valence-electron chi connectivity index (χ0n) is 19.6. The molecule has 0 aliphatic carbocycles. The summed E-state index contributed by atoms with van der Waals surface area (Å²) in [5, 5.41) is 12.5. The van der Waals surface area contributed by atoms with E-state index in [1.165, 1.54) is 0 Å². The fourth-order valence-electron chi connectivity index (χ4n) is 3.98. The van der Waals surface area contributed by atoms with E-state index in [1.807, 2.05) is 0 Å². The Morgan fingerprint density at radius 2 is 1.69 bits per heavy atom. The molecule has 0 radical (unpaired) electrons. The molecule has 8 nitrogen and oxygen atoms in total. The van der Waals surface area contributed by atoms with Crippen molar-refractivity contribution in [1.82, 2.24) is 8.75 Å². The zero-order valence-corrected chi connectivity index (χ0v) is 22.5. The Balaban J connectivity index is 0.00000304. The minimum Gasteiger partial charge on any atom is -0.545 e. The summed E-state index contributed by atoms with van der Waals surface area (Å²) in [6.07, 6.45) is 0.0428. The molecule has 5 rings (SSSR count). The Morgan fingerprint density at radius 3 is 2.47 bits per heavy atom. The van der Waals surface area contributed by atoms with E-state index in [9.17, 15) is 14.7 Å². The van der Waals surface area contributed by atoms with Crippen LogP contribution in [0.15, 0.2) is 66.2 Å². The van der Waals surface area contributed by atoms with Crippen LogP contribution in [0.25, 0.3) is 16.6 Å². The molecule has 176 valence electrons. The number of hydrogen-bond acceptors (Lipinski definition) is 9. The molecule has 1 aliphatic heterocycles. The number of aromatic nitrogens is 2. The van der Waals surface area contributed by atoms with Gasteiger partial charge in [0, 0.05) is 23.1 Å². The van der Waals surface area contributed by atoms with E-state index in [-0.39, 0.29) is 52.7 Å². The molecule has 0 amide bonds. The van der Waals surface area contributed by atoms with Crippen LogP contribution in [0.2, 0.25) is 0 Å². The molecule has 0 spiro atoms. The predicted molar refractivity (Wildman–Crippen MR) is 128 cm³/mol. The second-order valence-electron chi connectivity index (χ2n) is 7.82. The second-order valence-corrected chi connectivity index (χ2v) is 8.35. The third-order valence-corrected chi connectivity index (χ3v) is 6.20. The molecule has 1 aromatic heterocycles. The van der Waals surface area contributed by atoms with Gasteiger partial charge in [-0.15, -0.1) is 0 Å². The van der Waals surface area contributed by atoms with Gasteiger partial charge in [0.25, 0.3) is 0 Å². The largest absolute Gasteiger partial charge is 1.00 e. The van der Waals surface area contributed by atoms with Crippen molar-refractivity contribution in [2.75, 3.05) is 20.3 Å². The number of aliphatic carboxylic acids is 1. The van der Waals surface area contributed by atoms with Crippen LogP contribution in [0.1, 0.15) is 21.5 Å². The molecular weight excluding hydrogens is 491 g/mol. The number of fused-ring (bicyclic) bond motifs is 2. The van der Waals surface area contributed by atoms with Crippen molar-refractivity contribution in [3.8, 4) is 17.2 Å². The van der Waals surface area contributed by atoms with Crippen molar-refractivity contribution in [2.45, 2.75) is 6.42 Å². The molecule has 3 aromatic carbocycles. The Labute approximate surface area is 233 Å². The number of ether oxygens (including phenoxy) is 3. The number of carbonyl (C=O) groups excluding carboxylic acids is 2. The molecule has 0 unspecified atom stereocenters. The van der Waals surface area contributed by atoms with Crippen LogP contribution in [0.3, 0.4) is 0 Å². The molecule has 0 atom stereocenters. The molecular formula is C26H19N2NaO6S. The van der Waals surface area contributed by atoms with Crippen molar-refractivity contribution in [3.05, 3.63) is 82.9 Å². The minimum absolute atomic E-state index is 0. The average molecular weight is 511 g/mol. The van der Waals surface area contributed by atoms with Crippen molar-refractivity contribution in [1.29, 1.82) is 0 Å². The maximum atomic E-state index is 13.8. The number of allylic oxidation sites excluding steroid dienone is 1. The van der Waals surface area contributed by atoms with Gasteiger partial charge in [0.05, 0.1) is 24.8 Å². The first kappa shape index (κ1) is 25.8. The van der Waals surface area contributed by atoms with Crippen molar-refractivity contribution < 1.29 is 58.5 Å². The molecule has 0 bridgehead atoms. The van der Waals surface area contributed by atoms with Gasteiger partial charge in [0.2, 0.25) is 0 Å². The van der Waals surface area contributed by atoms with E-state index in [0.29, 0.717) is 52.6 Å². The van der Waals surface area contributed by atoms with Gasteiger partial charge >= 0.3 is 29.6 Å².